The van der Waals surface area contributed by atoms with Crippen molar-refractivity contribution in [2.75, 3.05) is 0 Å². The van der Waals surface area contributed by atoms with Crippen molar-refractivity contribution >= 4 is 6.08 Å². The Bertz CT molecular complexity index is 544. The van der Waals surface area contributed by atoms with Gasteiger partial charge in [-0.15, -0.1) is 0 Å². The SMILES string of the molecule is CCC/C=C/c1ccc(Cc2ccc(CCC)cc2)cc1. The van der Waals surface area contributed by atoms with E-state index in [1.165, 1.54) is 41.5 Å². The van der Waals surface area contributed by atoms with Gasteiger partial charge in [-0.3, -0.25) is 0 Å². The van der Waals surface area contributed by atoms with Crippen LogP contribution in [-0.4, -0.2) is 0 Å². The van der Waals surface area contributed by atoms with Gasteiger partial charge in [-0.2, -0.15) is 0 Å². The molecule has 0 heterocycles. The van der Waals surface area contributed by atoms with Gasteiger partial charge in [-0.1, -0.05) is 87.4 Å². The highest BCUT2D eigenvalue weighted by Crippen LogP contribution is 2.14. The Balaban J connectivity index is 1.96. The minimum atomic E-state index is 1.02. The molecule has 0 spiro atoms. The van der Waals surface area contributed by atoms with E-state index >= 15 is 0 Å². The summed E-state index contributed by atoms with van der Waals surface area (Å²) < 4.78 is 0. The Morgan fingerprint density at radius 3 is 1.86 bits per heavy atom. The maximum absolute atomic E-state index is 2.26. The summed E-state index contributed by atoms with van der Waals surface area (Å²) in [6.07, 6.45) is 10.2. The van der Waals surface area contributed by atoms with Crippen molar-refractivity contribution in [1.29, 1.82) is 0 Å². The molecule has 0 aromatic heterocycles. The second-order valence-electron chi connectivity index (χ2n) is 5.68. The number of rotatable bonds is 7. The second-order valence-corrected chi connectivity index (χ2v) is 5.68. The van der Waals surface area contributed by atoms with Crippen LogP contribution in [0.2, 0.25) is 0 Å². The zero-order valence-corrected chi connectivity index (χ0v) is 13.3. The molecule has 0 nitrogen and oxygen atoms in total. The fourth-order valence-electron chi connectivity index (χ4n) is 2.48. The Hall–Kier alpha value is -1.82. The summed E-state index contributed by atoms with van der Waals surface area (Å²) in [4.78, 5) is 0. The summed E-state index contributed by atoms with van der Waals surface area (Å²) in [5, 5.41) is 0. The predicted octanol–water partition coefficient (Wildman–Crippen LogP) is 6.04. The number of hydrogen-bond acceptors (Lipinski definition) is 0. The number of benzene rings is 2. The molecule has 110 valence electrons. The van der Waals surface area contributed by atoms with Gasteiger partial charge < -0.3 is 0 Å². The first-order chi connectivity index (χ1) is 10.3. The molecule has 21 heavy (non-hydrogen) atoms. The van der Waals surface area contributed by atoms with Gasteiger partial charge in [0.2, 0.25) is 0 Å². The molecule has 2 rings (SSSR count). The molecule has 2 aromatic rings. The van der Waals surface area contributed by atoms with Crippen molar-refractivity contribution in [1.82, 2.24) is 0 Å². The Morgan fingerprint density at radius 1 is 0.714 bits per heavy atom. The fraction of sp³-hybridized carbons (Fsp3) is 0.333. The zero-order valence-electron chi connectivity index (χ0n) is 13.3. The molecule has 0 atom stereocenters. The minimum absolute atomic E-state index is 1.02. The van der Waals surface area contributed by atoms with Gasteiger partial charge >= 0.3 is 0 Å². The maximum Gasteiger partial charge on any atom is -0.00258 e. The van der Waals surface area contributed by atoms with E-state index < -0.39 is 0 Å². The average molecular weight is 278 g/mol. The molecule has 0 unspecified atom stereocenters. The van der Waals surface area contributed by atoms with Gasteiger partial charge in [0.05, 0.1) is 0 Å². The number of aryl methyl sites for hydroxylation is 1. The topological polar surface area (TPSA) is 0 Å². The van der Waals surface area contributed by atoms with Gasteiger partial charge in [-0.25, -0.2) is 0 Å². The lowest BCUT2D eigenvalue weighted by atomic mass is 10.0. The van der Waals surface area contributed by atoms with Crippen molar-refractivity contribution in [3.8, 4) is 0 Å². The third-order valence-corrected chi connectivity index (χ3v) is 3.72. The molecule has 0 aliphatic rings. The first-order valence-electron chi connectivity index (χ1n) is 8.15. The molecule has 2 aromatic carbocycles. The normalized spacial score (nSPS) is 11.1. The lowest BCUT2D eigenvalue weighted by Crippen LogP contribution is -1.90. The van der Waals surface area contributed by atoms with Gasteiger partial charge in [0.15, 0.2) is 0 Å². The van der Waals surface area contributed by atoms with E-state index in [-0.39, 0.29) is 0 Å². The van der Waals surface area contributed by atoms with Crippen LogP contribution < -0.4 is 0 Å². The molecule has 0 saturated heterocycles. The summed E-state index contributed by atoms with van der Waals surface area (Å²) in [5.41, 5.74) is 5.51. The Kier molecular flexibility index (Phi) is 6.27. The van der Waals surface area contributed by atoms with E-state index in [4.69, 9.17) is 0 Å². The monoisotopic (exact) mass is 278 g/mol. The summed E-state index contributed by atoms with van der Waals surface area (Å²) in [6.45, 7) is 4.43. The highest BCUT2D eigenvalue weighted by Gasteiger charge is 1.97. The van der Waals surface area contributed by atoms with Crippen LogP contribution in [0.25, 0.3) is 6.08 Å². The van der Waals surface area contributed by atoms with Crippen LogP contribution in [0.15, 0.2) is 54.6 Å². The summed E-state index contributed by atoms with van der Waals surface area (Å²) in [5.74, 6) is 0. The molecular weight excluding hydrogens is 252 g/mol. The number of hydrogen-bond donors (Lipinski definition) is 0. The van der Waals surface area contributed by atoms with E-state index in [0.29, 0.717) is 0 Å². The first-order valence-corrected chi connectivity index (χ1v) is 8.15. The quantitative estimate of drug-likeness (QED) is 0.579. The summed E-state index contributed by atoms with van der Waals surface area (Å²) in [6, 6.07) is 18.0. The van der Waals surface area contributed by atoms with Gasteiger partial charge in [0.25, 0.3) is 0 Å². The first kappa shape index (κ1) is 15.6. The second kappa shape index (κ2) is 8.46. The van der Waals surface area contributed by atoms with Crippen molar-refractivity contribution in [2.45, 2.75) is 46.0 Å². The molecule has 0 aliphatic heterocycles. The minimum Gasteiger partial charge on any atom is -0.0840 e. The van der Waals surface area contributed by atoms with Crippen molar-refractivity contribution in [3.05, 3.63) is 76.9 Å². The van der Waals surface area contributed by atoms with Crippen LogP contribution in [0.3, 0.4) is 0 Å². The van der Waals surface area contributed by atoms with E-state index in [0.717, 1.165) is 12.8 Å². The lowest BCUT2D eigenvalue weighted by molar-refractivity contribution is 0.920. The third kappa shape index (κ3) is 5.23. The van der Waals surface area contributed by atoms with Gasteiger partial charge in [-0.05, 0) is 41.5 Å². The van der Waals surface area contributed by atoms with Crippen molar-refractivity contribution in [3.63, 3.8) is 0 Å². The summed E-state index contributed by atoms with van der Waals surface area (Å²) >= 11 is 0. The van der Waals surface area contributed by atoms with Gasteiger partial charge in [0.1, 0.15) is 0 Å². The molecule has 0 radical (unpaired) electrons. The number of unbranched alkanes of at least 4 members (excludes halogenated alkanes) is 1. The highest BCUT2D eigenvalue weighted by atomic mass is 14.0. The summed E-state index contributed by atoms with van der Waals surface area (Å²) in [7, 11) is 0. The number of allylic oxidation sites excluding steroid dienone is 1. The Morgan fingerprint density at radius 2 is 1.29 bits per heavy atom. The predicted molar refractivity (Wildman–Crippen MR) is 93.6 cm³/mol. The van der Waals surface area contributed by atoms with E-state index in [1.807, 2.05) is 0 Å². The van der Waals surface area contributed by atoms with Gasteiger partial charge in [0, 0.05) is 0 Å². The Labute approximate surface area is 129 Å². The molecule has 0 amide bonds. The maximum atomic E-state index is 2.26. The van der Waals surface area contributed by atoms with Crippen molar-refractivity contribution in [2.24, 2.45) is 0 Å². The smallest absolute Gasteiger partial charge is 0.00258 e. The van der Waals surface area contributed by atoms with Crippen LogP contribution in [-0.2, 0) is 12.8 Å². The molecule has 0 heteroatoms. The van der Waals surface area contributed by atoms with Crippen molar-refractivity contribution < 1.29 is 0 Å². The molecule has 0 saturated carbocycles. The molecule has 0 aliphatic carbocycles. The largest absolute Gasteiger partial charge is 0.0840 e. The molecule has 0 N–H and O–H groups in total. The lowest BCUT2D eigenvalue weighted by Gasteiger charge is -2.04. The molecule has 0 bridgehead atoms. The fourth-order valence-corrected chi connectivity index (χ4v) is 2.48. The van der Waals surface area contributed by atoms with E-state index in [2.05, 4.69) is 74.5 Å². The van der Waals surface area contributed by atoms with Crippen LogP contribution in [0.1, 0.15) is 55.4 Å². The average Bonchev–Trinajstić information content (AvgIpc) is 2.51. The van der Waals surface area contributed by atoms with Crippen LogP contribution >= 0.6 is 0 Å². The van der Waals surface area contributed by atoms with Crippen LogP contribution in [0.5, 0.6) is 0 Å². The third-order valence-electron chi connectivity index (χ3n) is 3.72. The standard InChI is InChI=1S/C21H26/c1-3-5-6-8-19-11-15-21(16-12-19)17-20-13-9-18(7-4-2)10-14-20/h6,8-16H,3-5,7,17H2,1-2H3/b8-6+. The van der Waals surface area contributed by atoms with E-state index in [9.17, 15) is 0 Å². The zero-order chi connectivity index (χ0) is 14.9. The van der Waals surface area contributed by atoms with E-state index in [1.54, 1.807) is 0 Å². The molecular formula is C21H26. The van der Waals surface area contributed by atoms with Crippen LogP contribution in [0.4, 0.5) is 0 Å². The molecule has 0 fully saturated rings. The van der Waals surface area contributed by atoms with Crippen LogP contribution in [0, 0.1) is 0 Å². The highest BCUT2D eigenvalue weighted by molar-refractivity contribution is 5.49.